The molecule has 2 aromatic heterocycles. The van der Waals surface area contributed by atoms with Gasteiger partial charge in [-0.15, -0.1) is 0 Å². The van der Waals surface area contributed by atoms with E-state index in [4.69, 9.17) is 4.52 Å². The van der Waals surface area contributed by atoms with E-state index in [0.717, 1.165) is 36.3 Å². The molecular formula is C20H22N4O2. The van der Waals surface area contributed by atoms with Gasteiger partial charge in [0.2, 0.25) is 5.91 Å². The number of anilines is 1. The number of fused-ring (bicyclic) bond motifs is 1. The zero-order chi connectivity index (χ0) is 17.9. The second kappa shape index (κ2) is 7.25. The fraction of sp³-hybridized carbons (Fsp3) is 0.350. The Bertz CT molecular complexity index is 901. The van der Waals surface area contributed by atoms with E-state index in [0.29, 0.717) is 11.4 Å². The molecule has 134 valence electrons. The van der Waals surface area contributed by atoms with Crippen molar-refractivity contribution in [2.45, 2.75) is 25.7 Å². The predicted molar refractivity (Wildman–Crippen MR) is 100 cm³/mol. The minimum atomic E-state index is -0.214. The van der Waals surface area contributed by atoms with E-state index < -0.39 is 0 Å². The van der Waals surface area contributed by atoms with Gasteiger partial charge in [0.25, 0.3) is 5.71 Å². The number of hydrogen-bond acceptors (Lipinski definition) is 5. The molecule has 0 bridgehead atoms. The summed E-state index contributed by atoms with van der Waals surface area (Å²) in [4.78, 5) is 19.7. The molecule has 1 aliphatic heterocycles. The van der Waals surface area contributed by atoms with Gasteiger partial charge in [-0.05, 0) is 44.5 Å². The van der Waals surface area contributed by atoms with Gasteiger partial charge >= 0.3 is 0 Å². The molecule has 0 saturated carbocycles. The van der Waals surface area contributed by atoms with Crippen LogP contribution in [0.3, 0.4) is 0 Å². The number of likely N-dealkylation sites (tertiary alicyclic amines) is 1. The fourth-order valence-electron chi connectivity index (χ4n) is 3.49. The summed E-state index contributed by atoms with van der Waals surface area (Å²) in [5.41, 5.74) is 2.95. The number of carbonyl (C=O) groups is 1. The average Bonchev–Trinajstić information content (AvgIpc) is 3.30. The monoisotopic (exact) mass is 350 g/mol. The molecule has 26 heavy (non-hydrogen) atoms. The molecule has 6 heteroatoms. The SMILES string of the molecule is Cc1noc2ncc(NC(=O)C(CN3CCCC3)c3ccccc3)cc12. The third kappa shape index (κ3) is 3.46. The van der Waals surface area contributed by atoms with Gasteiger partial charge in [0.1, 0.15) is 0 Å². The van der Waals surface area contributed by atoms with Crippen molar-refractivity contribution in [3.63, 3.8) is 0 Å². The van der Waals surface area contributed by atoms with Crippen LogP contribution in [0.25, 0.3) is 11.1 Å². The number of aryl methyl sites for hydroxylation is 1. The Kier molecular flexibility index (Phi) is 4.67. The number of nitrogens with one attached hydrogen (secondary N) is 1. The summed E-state index contributed by atoms with van der Waals surface area (Å²) in [5, 5.41) is 7.75. The third-order valence-electron chi connectivity index (χ3n) is 4.94. The van der Waals surface area contributed by atoms with E-state index in [1.807, 2.05) is 43.3 Å². The first kappa shape index (κ1) is 16.7. The highest BCUT2D eigenvalue weighted by Crippen LogP contribution is 2.24. The summed E-state index contributed by atoms with van der Waals surface area (Å²) in [6.45, 7) is 4.71. The van der Waals surface area contributed by atoms with Crippen molar-refractivity contribution >= 4 is 22.7 Å². The molecule has 1 atom stereocenters. The van der Waals surface area contributed by atoms with E-state index in [1.54, 1.807) is 6.20 Å². The van der Waals surface area contributed by atoms with Crippen LogP contribution in [-0.4, -0.2) is 40.6 Å². The molecule has 1 amide bonds. The number of carbonyl (C=O) groups excluding carboxylic acids is 1. The van der Waals surface area contributed by atoms with Crippen LogP contribution in [0, 0.1) is 6.92 Å². The number of pyridine rings is 1. The molecule has 1 N–H and O–H groups in total. The van der Waals surface area contributed by atoms with E-state index in [9.17, 15) is 4.79 Å². The second-order valence-electron chi connectivity index (χ2n) is 6.80. The second-order valence-corrected chi connectivity index (χ2v) is 6.80. The zero-order valence-electron chi connectivity index (χ0n) is 14.8. The summed E-state index contributed by atoms with van der Waals surface area (Å²) in [6.07, 6.45) is 4.02. The summed E-state index contributed by atoms with van der Waals surface area (Å²) in [7, 11) is 0. The smallest absolute Gasteiger partial charge is 0.258 e. The molecule has 1 aromatic carbocycles. The van der Waals surface area contributed by atoms with Crippen molar-refractivity contribution in [3.8, 4) is 0 Å². The van der Waals surface area contributed by atoms with Crippen LogP contribution in [0.15, 0.2) is 47.1 Å². The third-order valence-corrected chi connectivity index (χ3v) is 4.94. The molecule has 3 aromatic rings. The van der Waals surface area contributed by atoms with Crippen molar-refractivity contribution in [1.29, 1.82) is 0 Å². The maximum absolute atomic E-state index is 13.1. The lowest BCUT2D eigenvalue weighted by molar-refractivity contribution is -0.118. The van der Waals surface area contributed by atoms with Crippen LogP contribution in [0.1, 0.15) is 30.0 Å². The van der Waals surface area contributed by atoms with E-state index in [1.165, 1.54) is 12.8 Å². The Morgan fingerprint density at radius 3 is 2.81 bits per heavy atom. The standard InChI is InChI=1S/C20H22N4O2/c1-14-17-11-16(12-21-20(17)26-23-14)22-19(25)18(13-24-9-5-6-10-24)15-7-3-2-4-8-15/h2-4,7-8,11-12,18H,5-6,9-10,13H2,1H3,(H,22,25). The molecular weight excluding hydrogens is 328 g/mol. The molecule has 1 unspecified atom stereocenters. The largest absolute Gasteiger partial charge is 0.336 e. The highest BCUT2D eigenvalue weighted by Gasteiger charge is 2.25. The average molecular weight is 350 g/mol. The van der Waals surface area contributed by atoms with Crippen LogP contribution >= 0.6 is 0 Å². The number of benzene rings is 1. The van der Waals surface area contributed by atoms with Crippen LogP contribution < -0.4 is 5.32 Å². The normalized spacial score (nSPS) is 16.0. The van der Waals surface area contributed by atoms with Gasteiger partial charge in [0.05, 0.1) is 28.9 Å². The highest BCUT2D eigenvalue weighted by atomic mass is 16.5. The number of nitrogens with zero attached hydrogens (tertiary/aromatic N) is 3. The number of rotatable bonds is 5. The minimum absolute atomic E-state index is 0.0154. The molecule has 1 aliphatic rings. The van der Waals surface area contributed by atoms with E-state index in [2.05, 4.69) is 20.4 Å². The van der Waals surface area contributed by atoms with Crippen LogP contribution in [0.5, 0.6) is 0 Å². The van der Waals surface area contributed by atoms with Gasteiger partial charge in [0, 0.05) is 6.54 Å². The number of hydrogen-bond donors (Lipinski definition) is 1. The van der Waals surface area contributed by atoms with Crippen molar-refractivity contribution in [2.24, 2.45) is 0 Å². The Morgan fingerprint density at radius 1 is 1.27 bits per heavy atom. The lowest BCUT2D eigenvalue weighted by Crippen LogP contribution is -2.32. The van der Waals surface area contributed by atoms with Crippen molar-refractivity contribution in [3.05, 3.63) is 53.9 Å². The minimum Gasteiger partial charge on any atom is -0.336 e. The van der Waals surface area contributed by atoms with Crippen molar-refractivity contribution < 1.29 is 9.32 Å². The summed E-state index contributed by atoms with van der Waals surface area (Å²) in [6, 6.07) is 11.8. The molecule has 1 saturated heterocycles. The van der Waals surface area contributed by atoms with Gasteiger partial charge in [-0.3, -0.25) is 4.79 Å². The van der Waals surface area contributed by atoms with Crippen LogP contribution in [0.4, 0.5) is 5.69 Å². The predicted octanol–water partition coefficient (Wildman–Crippen LogP) is 3.35. The zero-order valence-corrected chi connectivity index (χ0v) is 14.8. The van der Waals surface area contributed by atoms with Gasteiger partial charge in [0.15, 0.2) is 0 Å². The first-order valence-electron chi connectivity index (χ1n) is 9.01. The summed E-state index contributed by atoms with van der Waals surface area (Å²) >= 11 is 0. The highest BCUT2D eigenvalue weighted by molar-refractivity contribution is 5.97. The topological polar surface area (TPSA) is 71.3 Å². The molecule has 3 heterocycles. The Balaban J connectivity index is 1.57. The first-order chi connectivity index (χ1) is 12.7. The Morgan fingerprint density at radius 2 is 2.04 bits per heavy atom. The van der Waals surface area contributed by atoms with E-state index >= 15 is 0 Å². The van der Waals surface area contributed by atoms with Gasteiger partial charge in [-0.1, -0.05) is 35.5 Å². The van der Waals surface area contributed by atoms with Gasteiger partial charge in [-0.25, -0.2) is 4.98 Å². The number of aromatic nitrogens is 2. The molecule has 0 radical (unpaired) electrons. The maximum Gasteiger partial charge on any atom is 0.258 e. The summed E-state index contributed by atoms with van der Waals surface area (Å²) < 4.78 is 5.13. The van der Waals surface area contributed by atoms with Gasteiger partial charge < -0.3 is 14.7 Å². The molecule has 0 spiro atoms. The lowest BCUT2D eigenvalue weighted by atomic mass is 9.97. The van der Waals surface area contributed by atoms with Crippen molar-refractivity contribution in [1.82, 2.24) is 15.0 Å². The Labute approximate surface area is 152 Å². The quantitative estimate of drug-likeness (QED) is 0.764. The first-order valence-corrected chi connectivity index (χ1v) is 9.01. The van der Waals surface area contributed by atoms with E-state index in [-0.39, 0.29) is 11.8 Å². The van der Waals surface area contributed by atoms with Crippen LogP contribution in [-0.2, 0) is 4.79 Å². The van der Waals surface area contributed by atoms with Crippen molar-refractivity contribution in [2.75, 3.05) is 25.0 Å². The maximum atomic E-state index is 13.1. The van der Waals surface area contributed by atoms with Gasteiger partial charge in [-0.2, -0.15) is 0 Å². The molecule has 1 fully saturated rings. The molecule has 0 aliphatic carbocycles. The fourth-order valence-corrected chi connectivity index (χ4v) is 3.49. The lowest BCUT2D eigenvalue weighted by Gasteiger charge is -2.23. The Hall–Kier alpha value is -2.73. The molecule has 6 nitrogen and oxygen atoms in total. The number of amides is 1. The summed E-state index contributed by atoms with van der Waals surface area (Å²) in [5.74, 6) is -0.230. The molecule has 4 rings (SSSR count). The van der Waals surface area contributed by atoms with Crippen LogP contribution in [0.2, 0.25) is 0 Å².